The van der Waals surface area contributed by atoms with Crippen molar-refractivity contribution in [3.05, 3.63) is 83.1 Å². The van der Waals surface area contributed by atoms with Gasteiger partial charge in [-0.3, -0.25) is 19.7 Å². The van der Waals surface area contributed by atoms with E-state index in [-0.39, 0.29) is 5.84 Å². The second-order valence-electron chi connectivity index (χ2n) is 9.09. The lowest BCUT2D eigenvalue weighted by Crippen LogP contribution is -2.37. The number of hydrogen-bond donors (Lipinski definition) is 7. The van der Waals surface area contributed by atoms with Gasteiger partial charge in [0, 0.05) is 40.6 Å². The molecular formula is C28H31N7O5S. The lowest BCUT2D eigenvalue weighted by atomic mass is 10.0. The molecule has 2 unspecified atom stereocenters. The third kappa shape index (κ3) is 6.83. The molecule has 0 aliphatic heterocycles. The molecule has 41 heavy (non-hydrogen) atoms. The maximum atomic E-state index is 13.1. The molecular weight excluding hydrogens is 546 g/mol. The number of fused-ring (bicyclic) bond motifs is 1. The largest absolute Gasteiger partial charge is 0.490 e. The van der Waals surface area contributed by atoms with Gasteiger partial charge in [-0.1, -0.05) is 0 Å². The molecule has 0 saturated heterocycles. The molecule has 0 saturated carbocycles. The third-order valence-corrected chi connectivity index (χ3v) is 6.58. The first-order chi connectivity index (χ1) is 19.6. The predicted molar refractivity (Wildman–Crippen MR) is 160 cm³/mol. The summed E-state index contributed by atoms with van der Waals surface area (Å²) in [6, 6.07) is 13.9. The van der Waals surface area contributed by atoms with E-state index in [1.807, 2.05) is 13.8 Å². The molecule has 1 heterocycles. The van der Waals surface area contributed by atoms with Crippen molar-refractivity contribution in [1.29, 1.82) is 5.41 Å². The zero-order valence-electron chi connectivity index (χ0n) is 22.7. The standard InChI is InChI=1S/C28H31N7O5S/c1-4-39-23-12-17(11-22-15(2)14-40-25(22)23)24(28(37)35-41(31)38)33-20-7-5-16(6-8-20)26(30)34-27(36)18-9-19(29)13-21(10-18)32-3/h5-14,24,32-33H,4,29,31H2,1-3H3,(H,35,37)(H2,30,34,36). The maximum absolute atomic E-state index is 13.1. The molecule has 0 aliphatic carbocycles. The molecule has 2 amide bonds. The highest BCUT2D eigenvalue weighted by molar-refractivity contribution is 7.81. The lowest BCUT2D eigenvalue weighted by molar-refractivity contribution is -0.120. The van der Waals surface area contributed by atoms with Gasteiger partial charge >= 0.3 is 0 Å². The highest BCUT2D eigenvalue weighted by Crippen LogP contribution is 2.34. The van der Waals surface area contributed by atoms with Crippen LogP contribution in [0.2, 0.25) is 0 Å². The fourth-order valence-electron chi connectivity index (χ4n) is 4.22. The summed E-state index contributed by atoms with van der Waals surface area (Å²) in [5, 5.41) is 23.1. The van der Waals surface area contributed by atoms with Gasteiger partial charge in [-0.25, -0.2) is 9.35 Å². The van der Waals surface area contributed by atoms with E-state index < -0.39 is 29.0 Å². The minimum atomic E-state index is -2.09. The number of amidine groups is 1. The van der Waals surface area contributed by atoms with Crippen LogP contribution in [0.25, 0.3) is 11.0 Å². The number of rotatable bonds is 10. The Labute approximate surface area is 239 Å². The quantitative estimate of drug-likeness (QED) is 0.0846. The van der Waals surface area contributed by atoms with Gasteiger partial charge in [0.05, 0.1) is 12.9 Å². The van der Waals surface area contributed by atoms with Crippen molar-refractivity contribution in [2.45, 2.75) is 19.9 Å². The van der Waals surface area contributed by atoms with Gasteiger partial charge in [0.15, 0.2) is 22.5 Å². The average Bonchev–Trinajstić information content (AvgIpc) is 3.31. The van der Waals surface area contributed by atoms with Crippen LogP contribution in [0.15, 0.2) is 65.3 Å². The summed E-state index contributed by atoms with van der Waals surface area (Å²) in [6.07, 6.45) is 1.60. The number of hydrogen-bond acceptors (Lipinski definition) is 9. The summed E-state index contributed by atoms with van der Waals surface area (Å²) in [4.78, 5) is 25.8. The van der Waals surface area contributed by atoms with E-state index >= 15 is 0 Å². The van der Waals surface area contributed by atoms with Gasteiger partial charge in [-0.15, -0.1) is 0 Å². The number of amides is 2. The number of anilines is 3. The predicted octanol–water partition coefficient (Wildman–Crippen LogP) is 3.33. The van der Waals surface area contributed by atoms with E-state index in [1.165, 1.54) is 6.07 Å². The van der Waals surface area contributed by atoms with Crippen LogP contribution >= 0.6 is 0 Å². The number of nitrogens with one attached hydrogen (secondary N) is 5. The molecule has 1 aromatic heterocycles. The van der Waals surface area contributed by atoms with Gasteiger partial charge in [-0.2, -0.15) is 0 Å². The van der Waals surface area contributed by atoms with Crippen LogP contribution in [-0.4, -0.2) is 35.5 Å². The minimum absolute atomic E-state index is 0.120. The van der Waals surface area contributed by atoms with E-state index in [4.69, 9.17) is 25.4 Å². The van der Waals surface area contributed by atoms with Crippen molar-refractivity contribution < 1.29 is 23.0 Å². The van der Waals surface area contributed by atoms with Gasteiger partial charge in [0.1, 0.15) is 11.9 Å². The normalized spacial score (nSPS) is 12.3. The number of benzene rings is 3. The van der Waals surface area contributed by atoms with Crippen molar-refractivity contribution in [2.75, 3.05) is 30.0 Å². The highest BCUT2D eigenvalue weighted by Gasteiger charge is 2.25. The molecule has 0 bridgehead atoms. The third-order valence-electron chi connectivity index (χ3n) is 6.18. The van der Waals surface area contributed by atoms with Crippen LogP contribution < -0.4 is 36.3 Å². The summed E-state index contributed by atoms with van der Waals surface area (Å²) in [7, 11) is 1.71. The first kappa shape index (κ1) is 29.1. The Kier molecular flexibility index (Phi) is 8.90. The maximum Gasteiger partial charge on any atom is 0.259 e. The molecule has 13 heteroatoms. The molecule has 2 atom stereocenters. The van der Waals surface area contributed by atoms with E-state index in [0.717, 1.165) is 10.9 Å². The first-order valence-corrected chi connectivity index (χ1v) is 13.8. The molecule has 0 spiro atoms. The van der Waals surface area contributed by atoms with Crippen LogP contribution in [0.1, 0.15) is 40.0 Å². The molecule has 9 N–H and O–H groups in total. The number of carbonyl (C=O) groups excluding carboxylic acids is 2. The Morgan fingerprint density at radius 2 is 1.80 bits per heavy atom. The smallest absolute Gasteiger partial charge is 0.259 e. The van der Waals surface area contributed by atoms with E-state index in [9.17, 15) is 13.8 Å². The average molecular weight is 578 g/mol. The summed E-state index contributed by atoms with van der Waals surface area (Å²) in [5.41, 5.74) is 10.1. The fraction of sp³-hybridized carbons (Fsp3) is 0.179. The number of ether oxygens (including phenoxy) is 1. The summed E-state index contributed by atoms with van der Waals surface area (Å²) < 4.78 is 25.3. The monoisotopic (exact) mass is 577 g/mol. The van der Waals surface area contributed by atoms with Crippen molar-refractivity contribution in [3.8, 4) is 5.75 Å². The number of nitrogens with two attached hydrogens (primary N) is 2. The number of aryl methyl sites for hydroxylation is 1. The molecule has 3 aromatic carbocycles. The van der Waals surface area contributed by atoms with Gasteiger partial charge in [0.2, 0.25) is 0 Å². The highest BCUT2D eigenvalue weighted by atomic mass is 32.2. The van der Waals surface area contributed by atoms with Crippen molar-refractivity contribution in [3.63, 3.8) is 0 Å². The van der Waals surface area contributed by atoms with E-state index in [0.29, 0.717) is 51.7 Å². The van der Waals surface area contributed by atoms with Crippen LogP contribution in [0.4, 0.5) is 17.1 Å². The van der Waals surface area contributed by atoms with E-state index in [1.54, 1.807) is 61.8 Å². The molecule has 12 nitrogen and oxygen atoms in total. The number of carbonyl (C=O) groups is 2. The fourth-order valence-corrected chi connectivity index (χ4v) is 4.54. The van der Waals surface area contributed by atoms with Crippen molar-refractivity contribution >= 4 is 56.9 Å². The molecule has 4 aromatic rings. The van der Waals surface area contributed by atoms with Crippen molar-refractivity contribution in [1.82, 2.24) is 10.0 Å². The van der Waals surface area contributed by atoms with E-state index in [2.05, 4.69) is 20.7 Å². The second kappa shape index (κ2) is 12.5. The zero-order chi connectivity index (χ0) is 29.7. The summed E-state index contributed by atoms with van der Waals surface area (Å²) in [5.74, 6) is -0.767. The minimum Gasteiger partial charge on any atom is -0.490 e. The number of furan rings is 1. The SMILES string of the molecule is CCOc1cc(C(Nc2ccc(C(=N)NC(=O)c3cc(N)cc(NC)c3)cc2)C(=O)NS(N)=O)cc2c(C)coc12. The number of nitrogen functional groups attached to an aromatic ring is 1. The van der Waals surface area contributed by atoms with Crippen molar-refractivity contribution in [2.24, 2.45) is 5.14 Å². The Hall–Kier alpha value is -4.88. The molecule has 0 radical (unpaired) electrons. The van der Waals surface area contributed by atoms with Crippen LogP contribution in [-0.2, 0) is 16.0 Å². The van der Waals surface area contributed by atoms with Gasteiger partial charge < -0.3 is 30.8 Å². The summed E-state index contributed by atoms with van der Waals surface area (Å²) >= 11 is -2.09. The Morgan fingerprint density at radius 3 is 2.46 bits per heavy atom. The molecule has 4 rings (SSSR count). The molecule has 214 valence electrons. The molecule has 0 fully saturated rings. The van der Waals surface area contributed by atoms with Gasteiger partial charge in [-0.05, 0) is 79.6 Å². The Balaban J connectivity index is 1.57. The van der Waals surface area contributed by atoms with Crippen LogP contribution in [0.5, 0.6) is 5.75 Å². The topological polar surface area (TPSA) is 198 Å². The second-order valence-corrected chi connectivity index (χ2v) is 9.89. The Bertz CT molecular complexity index is 1640. The lowest BCUT2D eigenvalue weighted by Gasteiger charge is -2.20. The summed E-state index contributed by atoms with van der Waals surface area (Å²) in [6.45, 7) is 4.10. The van der Waals surface area contributed by atoms with Gasteiger partial charge in [0.25, 0.3) is 11.8 Å². The first-order valence-electron chi connectivity index (χ1n) is 12.6. The van der Waals surface area contributed by atoms with Crippen LogP contribution in [0.3, 0.4) is 0 Å². The molecule has 0 aliphatic rings. The Morgan fingerprint density at radius 1 is 1.07 bits per heavy atom. The van der Waals surface area contributed by atoms with Crippen LogP contribution in [0, 0.1) is 12.3 Å². The zero-order valence-corrected chi connectivity index (χ0v) is 23.5.